The molecule has 0 aliphatic heterocycles. The molecule has 118 valence electrons. The number of carbonyl (C=O) groups excluding carboxylic acids is 1. The molecule has 3 aromatic rings. The molecule has 23 heavy (non-hydrogen) atoms. The van der Waals surface area contributed by atoms with Gasteiger partial charge in [-0.1, -0.05) is 0 Å². The highest BCUT2D eigenvalue weighted by molar-refractivity contribution is 5.91. The fourth-order valence-corrected chi connectivity index (χ4v) is 1.96. The maximum absolute atomic E-state index is 11.9. The third-order valence-electron chi connectivity index (χ3n) is 3.11. The Morgan fingerprint density at radius 1 is 1.39 bits per heavy atom. The highest BCUT2D eigenvalue weighted by atomic mass is 16.6. The second-order valence-corrected chi connectivity index (χ2v) is 4.68. The molecule has 0 saturated carbocycles. The van der Waals surface area contributed by atoms with Crippen LogP contribution in [-0.4, -0.2) is 39.7 Å². The summed E-state index contributed by atoms with van der Waals surface area (Å²) in [5.74, 6) is 1.46. The second-order valence-electron chi connectivity index (χ2n) is 4.68. The number of hydrogen-bond acceptors (Lipinski definition) is 6. The second kappa shape index (κ2) is 6.73. The Balaban J connectivity index is 1.53. The summed E-state index contributed by atoms with van der Waals surface area (Å²) >= 11 is 0. The van der Waals surface area contributed by atoms with E-state index in [1.807, 2.05) is 12.1 Å². The molecule has 0 atom stereocenters. The van der Waals surface area contributed by atoms with Crippen molar-refractivity contribution >= 4 is 5.91 Å². The van der Waals surface area contributed by atoms with Crippen molar-refractivity contribution in [2.24, 2.45) is 0 Å². The van der Waals surface area contributed by atoms with Crippen LogP contribution in [0.1, 0.15) is 16.4 Å². The SMILES string of the molecule is COc1ccc(C(=O)NCCc2nc(-c3cccnc3)n[nH]2)o1. The summed E-state index contributed by atoms with van der Waals surface area (Å²) in [7, 11) is 1.48. The number of aromatic nitrogens is 4. The van der Waals surface area contributed by atoms with Crippen LogP contribution in [0, 0.1) is 0 Å². The number of rotatable bonds is 6. The highest BCUT2D eigenvalue weighted by Crippen LogP contribution is 2.15. The molecule has 3 heterocycles. The molecule has 2 N–H and O–H groups in total. The van der Waals surface area contributed by atoms with E-state index in [9.17, 15) is 4.79 Å². The summed E-state index contributed by atoms with van der Waals surface area (Å²) in [4.78, 5) is 20.3. The van der Waals surface area contributed by atoms with Gasteiger partial charge in [-0.3, -0.25) is 14.9 Å². The molecule has 3 rings (SSSR count). The zero-order valence-corrected chi connectivity index (χ0v) is 12.4. The van der Waals surface area contributed by atoms with Crippen LogP contribution in [0.3, 0.4) is 0 Å². The number of carbonyl (C=O) groups is 1. The lowest BCUT2D eigenvalue weighted by molar-refractivity contribution is 0.0920. The van der Waals surface area contributed by atoms with Crippen LogP contribution in [0.4, 0.5) is 0 Å². The van der Waals surface area contributed by atoms with Crippen molar-refractivity contribution in [1.29, 1.82) is 0 Å². The molecular weight excluding hydrogens is 298 g/mol. The van der Waals surface area contributed by atoms with Crippen LogP contribution in [0.5, 0.6) is 5.95 Å². The Bertz CT molecular complexity index is 781. The van der Waals surface area contributed by atoms with Crippen LogP contribution in [-0.2, 0) is 6.42 Å². The normalized spacial score (nSPS) is 10.5. The predicted octanol–water partition coefficient (Wildman–Crippen LogP) is 1.44. The van der Waals surface area contributed by atoms with Gasteiger partial charge in [-0.2, -0.15) is 5.10 Å². The van der Waals surface area contributed by atoms with Gasteiger partial charge in [-0.05, 0) is 18.2 Å². The molecule has 0 radical (unpaired) electrons. The molecule has 0 aliphatic rings. The van der Waals surface area contributed by atoms with Gasteiger partial charge in [0, 0.05) is 37.0 Å². The van der Waals surface area contributed by atoms with Crippen LogP contribution in [0.25, 0.3) is 11.4 Å². The number of methoxy groups -OCH3 is 1. The summed E-state index contributed by atoms with van der Waals surface area (Å²) in [5.41, 5.74) is 0.835. The number of amides is 1. The van der Waals surface area contributed by atoms with Crippen molar-refractivity contribution in [2.45, 2.75) is 6.42 Å². The Morgan fingerprint density at radius 2 is 2.30 bits per heavy atom. The van der Waals surface area contributed by atoms with E-state index in [2.05, 4.69) is 25.5 Å². The molecule has 8 nitrogen and oxygen atoms in total. The van der Waals surface area contributed by atoms with E-state index in [1.54, 1.807) is 24.5 Å². The minimum Gasteiger partial charge on any atom is -0.468 e. The van der Waals surface area contributed by atoms with Gasteiger partial charge in [0.1, 0.15) is 5.82 Å². The third kappa shape index (κ3) is 3.54. The van der Waals surface area contributed by atoms with Gasteiger partial charge in [-0.15, -0.1) is 0 Å². The molecule has 1 amide bonds. The van der Waals surface area contributed by atoms with Crippen molar-refractivity contribution in [3.8, 4) is 17.3 Å². The Morgan fingerprint density at radius 3 is 3.04 bits per heavy atom. The Kier molecular flexibility index (Phi) is 4.32. The first-order valence-electron chi connectivity index (χ1n) is 7.00. The third-order valence-corrected chi connectivity index (χ3v) is 3.11. The summed E-state index contributed by atoms with van der Waals surface area (Å²) < 4.78 is 10.1. The molecule has 0 bridgehead atoms. The number of ether oxygens (including phenoxy) is 1. The maximum Gasteiger partial charge on any atom is 0.287 e. The average molecular weight is 313 g/mol. The first-order valence-corrected chi connectivity index (χ1v) is 7.00. The van der Waals surface area contributed by atoms with Gasteiger partial charge < -0.3 is 14.5 Å². The summed E-state index contributed by atoms with van der Waals surface area (Å²) in [6, 6.07) is 6.85. The summed E-state index contributed by atoms with van der Waals surface area (Å²) in [6.45, 7) is 0.406. The van der Waals surface area contributed by atoms with E-state index in [1.165, 1.54) is 7.11 Å². The van der Waals surface area contributed by atoms with Gasteiger partial charge in [0.05, 0.1) is 7.11 Å². The van der Waals surface area contributed by atoms with Gasteiger partial charge >= 0.3 is 0 Å². The van der Waals surface area contributed by atoms with Crippen molar-refractivity contribution in [2.75, 3.05) is 13.7 Å². The van der Waals surface area contributed by atoms with E-state index in [4.69, 9.17) is 9.15 Å². The Hall–Kier alpha value is -3.16. The van der Waals surface area contributed by atoms with Crippen LogP contribution < -0.4 is 10.1 Å². The standard InChI is InChI=1S/C15H15N5O3/c1-22-13-5-4-11(23-13)15(21)17-8-6-12-18-14(20-19-12)10-3-2-7-16-9-10/h2-5,7,9H,6,8H2,1H3,(H,17,21)(H,18,19,20). The number of H-pyrrole nitrogens is 1. The summed E-state index contributed by atoms with van der Waals surface area (Å²) in [6.07, 6.45) is 3.91. The molecule has 0 fully saturated rings. The van der Waals surface area contributed by atoms with Crippen molar-refractivity contribution in [1.82, 2.24) is 25.5 Å². The topological polar surface area (TPSA) is 106 Å². The van der Waals surface area contributed by atoms with Crippen LogP contribution >= 0.6 is 0 Å². The van der Waals surface area contributed by atoms with Crippen LogP contribution in [0.2, 0.25) is 0 Å². The minimum absolute atomic E-state index is 0.204. The maximum atomic E-state index is 11.9. The van der Waals surface area contributed by atoms with Crippen LogP contribution in [0.15, 0.2) is 41.1 Å². The number of pyridine rings is 1. The van der Waals surface area contributed by atoms with Crippen molar-refractivity contribution in [3.05, 3.63) is 48.2 Å². The predicted molar refractivity (Wildman–Crippen MR) is 80.9 cm³/mol. The fraction of sp³-hybridized carbons (Fsp3) is 0.200. The molecule has 3 aromatic heterocycles. The van der Waals surface area contributed by atoms with E-state index in [-0.39, 0.29) is 11.7 Å². The summed E-state index contributed by atoms with van der Waals surface area (Å²) in [5, 5.41) is 9.73. The number of hydrogen-bond donors (Lipinski definition) is 2. The number of furan rings is 1. The first-order chi connectivity index (χ1) is 11.3. The minimum atomic E-state index is -0.305. The first kappa shape index (κ1) is 14.8. The van der Waals surface area contributed by atoms with E-state index >= 15 is 0 Å². The molecule has 0 saturated heterocycles. The number of nitrogens with one attached hydrogen (secondary N) is 2. The molecule has 0 aliphatic carbocycles. The van der Waals surface area contributed by atoms with Gasteiger partial charge in [0.2, 0.25) is 0 Å². The zero-order chi connectivity index (χ0) is 16.1. The van der Waals surface area contributed by atoms with Crippen molar-refractivity contribution in [3.63, 3.8) is 0 Å². The lowest BCUT2D eigenvalue weighted by Gasteiger charge is -2.00. The smallest absolute Gasteiger partial charge is 0.287 e. The zero-order valence-electron chi connectivity index (χ0n) is 12.4. The molecule has 0 aromatic carbocycles. The van der Waals surface area contributed by atoms with E-state index in [0.29, 0.717) is 30.6 Å². The Labute approximate surface area is 131 Å². The molecule has 0 unspecified atom stereocenters. The number of aromatic amines is 1. The molecule has 0 spiro atoms. The molecule has 8 heteroatoms. The fourth-order valence-electron chi connectivity index (χ4n) is 1.96. The molecular formula is C15H15N5O3. The van der Waals surface area contributed by atoms with Gasteiger partial charge in [-0.25, -0.2) is 4.98 Å². The monoisotopic (exact) mass is 313 g/mol. The van der Waals surface area contributed by atoms with Gasteiger partial charge in [0.15, 0.2) is 11.6 Å². The lowest BCUT2D eigenvalue weighted by Crippen LogP contribution is -2.25. The lowest BCUT2D eigenvalue weighted by atomic mass is 10.3. The number of nitrogens with zero attached hydrogens (tertiary/aromatic N) is 3. The van der Waals surface area contributed by atoms with Crippen molar-refractivity contribution < 1.29 is 13.9 Å². The van der Waals surface area contributed by atoms with E-state index in [0.717, 1.165) is 5.56 Å². The average Bonchev–Trinajstić information content (AvgIpc) is 3.25. The largest absolute Gasteiger partial charge is 0.468 e. The van der Waals surface area contributed by atoms with E-state index < -0.39 is 0 Å². The highest BCUT2D eigenvalue weighted by Gasteiger charge is 2.11. The van der Waals surface area contributed by atoms with Gasteiger partial charge in [0.25, 0.3) is 11.9 Å². The quantitative estimate of drug-likeness (QED) is 0.713.